The third-order valence-corrected chi connectivity index (χ3v) is 13.3. The summed E-state index contributed by atoms with van der Waals surface area (Å²) in [5, 5.41) is 23.5. The van der Waals surface area contributed by atoms with Gasteiger partial charge in [0.05, 0.1) is 33.4 Å². The molecule has 3 aliphatic rings. The number of rotatable bonds is 7. The predicted molar refractivity (Wildman–Crippen MR) is 187 cm³/mol. The minimum Gasteiger partial charge on any atom is -0.494 e. The smallest absolute Gasteiger partial charge is 0.203 e. The summed E-state index contributed by atoms with van der Waals surface area (Å²) < 4.78 is 7.73. The molecule has 1 saturated carbocycles. The zero-order chi connectivity index (χ0) is 31.8. The topological polar surface area (TPSA) is 79.7 Å². The average Bonchev–Trinajstić information content (AvgIpc) is 3.70. The molecule has 5 nitrogen and oxygen atoms in total. The Bertz CT molecular complexity index is 1720. The molecule has 45 heavy (non-hydrogen) atoms. The third-order valence-electron chi connectivity index (χ3n) is 9.97. The minimum atomic E-state index is -0.940. The van der Waals surface area contributed by atoms with Crippen LogP contribution < -0.4 is 4.74 Å². The van der Waals surface area contributed by atoms with Crippen LogP contribution in [0.15, 0.2) is 64.5 Å². The van der Waals surface area contributed by atoms with Crippen molar-refractivity contribution in [3.05, 3.63) is 86.6 Å². The molecule has 1 fully saturated rings. The van der Waals surface area contributed by atoms with Crippen LogP contribution in [-0.2, 0) is 6.42 Å². The molecule has 4 unspecified atom stereocenters. The number of carbonyl (C=O) groups excluding carboxylic acids is 1. The molecular formula is C37H43NO4S3. The van der Waals surface area contributed by atoms with Gasteiger partial charge in [-0.2, -0.15) is 0 Å². The Morgan fingerprint density at radius 3 is 2.71 bits per heavy atom. The van der Waals surface area contributed by atoms with Gasteiger partial charge in [0.15, 0.2) is 4.34 Å². The van der Waals surface area contributed by atoms with Gasteiger partial charge in [-0.25, -0.2) is 4.98 Å². The van der Waals surface area contributed by atoms with Gasteiger partial charge >= 0.3 is 0 Å². The van der Waals surface area contributed by atoms with E-state index in [2.05, 4.69) is 32.1 Å². The lowest BCUT2D eigenvalue weighted by Crippen LogP contribution is -2.46. The number of aromatic nitrogens is 1. The second-order valence-corrected chi connectivity index (χ2v) is 16.6. The van der Waals surface area contributed by atoms with Crippen molar-refractivity contribution in [2.75, 3.05) is 12.4 Å². The molecule has 238 valence electrons. The molecule has 4 atom stereocenters. The highest BCUT2D eigenvalue weighted by atomic mass is 32.2. The largest absolute Gasteiger partial charge is 0.494 e. The van der Waals surface area contributed by atoms with Crippen LogP contribution in [0.5, 0.6) is 5.75 Å². The number of ketones is 1. The second kappa shape index (κ2) is 13.3. The SMILES string of the molecule is CCOc1ccc2nc(SCC3(O)CCC4c5ccc(cc5C(=O)c5ccc(C)s5)CC(O)CCC(C)=CCCC43C)sc2c1. The van der Waals surface area contributed by atoms with Gasteiger partial charge < -0.3 is 14.9 Å². The van der Waals surface area contributed by atoms with E-state index in [0.717, 1.165) is 72.4 Å². The molecule has 8 heteroatoms. The maximum absolute atomic E-state index is 14.1. The number of hydrogen-bond donors (Lipinski definition) is 2. The lowest BCUT2D eigenvalue weighted by atomic mass is 9.65. The molecule has 4 aromatic rings. The first-order valence-corrected chi connectivity index (χ1v) is 18.7. The van der Waals surface area contributed by atoms with Crippen molar-refractivity contribution in [2.45, 2.75) is 94.6 Å². The summed E-state index contributed by atoms with van der Waals surface area (Å²) in [4.78, 5) is 20.8. The first kappa shape index (κ1) is 32.5. The number of aliphatic hydroxyl groups excluding tert-OH is 1. The van der Waals surface area contributed by atoms with Gasteiger partial charge in [0.25, 0.3) is 0 Å². The fourth-order valence-corrected chi connectivity index (χ4v) is 10.5. The molecule has 0 aliphatic heterocycles. The van der Waals surface area contributed by atoms with Gasteiger partial charge in [0, 0.05) is 21.6 Å². The van der Waals surface area contributed by atoms with Crippen molar-refractivity contribution in [3.8, 4) is 5.75 Å². The van der Waals surface area contributed by atoms with Gasteiger partial charge in [-0.1, -0.05) is 42.5 Å². The van der Waals surface area contributed by atoms with Crippen molar-refractivity contribution < 1.29 is 19.7 Å². The van der Waals surface area contributed by atoms with Gasteiger partial charge in [0.1, 0.15) is 5.75 Å². The molecule has 2 heterocycles. The van der Waals surface area contributed by atoms with E-state index in [-0.39, 0.29) is 11.7 Å². The number of allylic oxidation sites excluding steroid dienone is 2. The monoisotopic (exact) mass is 661 g/mol. The highest BCUT2D eigenvalue weighted by Gasteiger charge is 2.56. The van der Waals surface area contributed by atoms with Gasteiger partial charge in [0.2, 0.25) is 5.78 Å². The number of thioether (sulfide) groups is 1. The molecule has 2 N–H and O–H groups in total. The average molecular weight is 662 g/mol. The van der Waals surface area contributed by atoms with Crippen LogP contribution in [0.1, 0.15) is 96.5 Å². The number of hydrogen-bond acceptors (Lipinski definition) is 8. The number of aryl methyl sites for hydroxylation is 1. The van der Waals surface area contributed by atoms with Crippen molar-refractivity contribution in [2.24, 2.45) is 5.41 Å². The van der Waals surface area contributed by atoms with Gasteiger partial charge in [-0.05, 0) is 119 Å². The molecule has 0 radical (unpaired) electrons. The number of benzene rings is 2. The van der Waals surface area contributed by atoms with Gasteiger partial charge in [-0.3, -0.25) is 4.79 Å². The Hall–Kier alpha value is -2.49. The fraction of sp³-hybridized carbons (Fsp3) is 0.459. The summed E-state index contributed by atoms with van der Waals surface area (Å²) in [5.74, 6) is 1.44. The summed E-state index contributed by atoms with van der Waals surface area (Å²) in [7, 11) is 0. The Labute approximate surface area is 278 Å². The molecule has 0 spiro atoms. The van der Waals surface area contributed by atoms with E-state index in [1.165, 1.54) is 16.9 Å². The number of nitrogens with zero attached hydrogens (tertiary/aromatic N) is 1. The standard InChI is InChI=1S/C37H43NO4S3/c1-5-42-27-12-14-31-33(21-27)45-35(38-31)43-22-37(41)18-16-30-28-13-10-25(20-29(28)34(40)32-15-9-24(3)44-32)19-26(39)11-8-23(2)7-6-17-36(30,37)4/h7,9-10,12-15,20-21,26,30,39,41H,5-6,8,11,16-19,22H2,1-4H3. The lowest BCUT2D eigenvalue weighted by Gasteiger charge is -2.44. The van der Waals surface area contributed by atoms with Crippen LogP contribution >= 0.6 is 34.4 Å². The zero-order valence-electron chi connectivity index (χ0n) is 26.6. The summed E-state index contributed by atoms with van der Waals surface area (Å²) in [6.07, 6.45) is 6.99. The van der Waals surface area contributed by atoms with E-state index in [1.54, 1.807) is 23.1 Å². The maximum atomic E-state index is 14.1. The zero-order valence-corrected chi connectivity index (χ0v) is 29.0. The van der Waals surface area contributed by atoms with E-state index in [4.69, 9.17) is 9.72 Å². The van der Waals surface area contributed by atoms with E-state index >= 15 is 0 Å². The van der Waals surface area contributed by atoms with Crippen LogP contribution in [-0.4, -0.2) is 45.0 Å². The van der Waals surface area contributed by atoms with Crippen molar-refractivity contribution >= 4 is 50.4 Å². The number of aliphatic hydroxyl groups is 2. The van der Waals surface area contributed by atoms with Crippen LogP contribution in [0.2, 0.25) is 0 Å². The highest BCUT2D eigenvalue weighted by Crippen LogP contribution is 2.60. The van der Waals surface area contributed by atoms with Crippen molar-refractivity contribution in [1.82, 2.24) is 4.98 Å². The maximum Gasteiger partial charge on any atom is 0.203 e. The van der Waals surface area contributed by atoms with Crippen LogP contribution in [0.4, 0.5) is 0 Å². The fourth-order valence-electron chi connectivity index (χ4n) is 7.25. The number of ether oxygens (including phenoxy) is 1. The number of thiophene rings is 1. The molecule has 3 aliphatic carbocycles. The Morgan fingerprint density at radius 1 is 1.09 bits per heavy atom. The minimum absolute atomic E-state index is 0.0165. The van der Waals surface area contributed by atoms with Crippen molar-refractivity contribution in [3.63, 3.8) is 0 Å². The highest BCUT2D eigenvalue weighted by molar-refractivity contribution is 8.01. The Kier molecular flexibility index (Phi) is 9.61. The normalized spacial score (nSPS) is 25.6. The molecule has 7 rings (SSSR count). The lowest BCUT2D eigenvalue weighted by molar-refractivity contribution is -0.0422. The van der Waals surface area contributed by atoms with E-state index in [1.807, 2.05) is 50.2 Å². The van der Waals surface area contributed by atoms with Crippen LogP contribution in [0.25, 0.3) is 10.2 Å². The molecule has 2 aromatic heterocycles. The van der Waals surface area contributed by atoms with E-state index in [0.29, 0.717) is 31.6 Å². The first-order valence-electron chi connectivity index (χ1n) is 16.0. The third kappa shape index (κ3) is 6.68. The molecule has 2 aromatic carbocycles. The molecule has 2 bridgehead atoms. The summed E-state index contributed by atoms with van der Waals surface area (Å²) in [6.45, 7) is 9.02. The quantitative estimate of drug-likeness (QED) is 0.117. The summed E-state index contributed by atoms with van der Waals surface area (Å²) in [5.41, 5.74) is 3.55. The number of thiazole rings is 1. The Balaban J connectivity index is 1.36. The molecule has 0 amide bonds. The van der Waals surface area contributed by atoms with Gasteiger partial charge in [-0.15, -0.1) is 22.7 Å². The molecular weight excluding hydrogens is 619 g/mol. The molecule has 0 saturated heterocycles. The predicted octanol–water partition coefficient (Wildman–Crippen LogP) is 9.13. The number of fused-ring (bicyclic) bond motifs is 9. The Morgan fingerprint density at radius 2 is 1.93 bits per heavy atom. The summed E-state index contributed by atoms with van der Waals surface area (Å²) in [6, 6.07) is 16.2. The van der Waals surface area contributed by atoms with Crippen molar-refractivity contribution in [1.29, 1.82) is 0 Å². The van der Waals surface area contributed by atoms with E-state index < -0.39 is 17.1 Å². The van der Waals surface area contributed by atoms with E-state index in [9.17, 15) is 15.0 Å². The van der Waals surface area contributed by atoms with Crippen LogP contribution in [0, 0.1) is 12.3 Å². The second-order valence-electron chi connectivity index (χ2n) is 13.0. The van der Waals surface area contributed by atoms with Crippen LogP contribution in [0.3, 0.4) is 0 Å². The number of carbonyl (C=O) groups is 1. The first-order chi connectivity index (χ1) is 21.6. The summed E-state index contributed by atoms with van der Waals surface area (Å²) >= 11 is 4.81.